The molecule has 1 heterocycles. The van der Waals surface area contributed by atoms with Gasteiger partial charge in [-0.1, -0.05) is 38.0 Å². The molecule has 28 heavy (non-hydrogen) atoms. The van der Waals surface area contributed by atoms with Crippen molar-refractivity contribution in [2.45, 2.75) is 65.5 Å². The summed E-state index contributed by atoms with van der Waals surface area (Å²) >= 11 is 0. The van der Waals surface area contributed by atoms with Crippen molar-refractivity contribution in [3.63, 3.8) is 0 Å². The number of carbonyl (C=O) groups excluding carboxylic acids is 1. The van der Waals surface area contributed by atoms with Crippen LogP contribution in [0.5, 0.6) is 11.5 Å². The summed E-state index contributed by atoms with van der Waals surface area (Å²) in [6.45, 7) is 9.19. The van der Waals surface area contributed by atoms with Crippen molar-refractivity contribution in [3.05, 3.63) is 59.2 Å². The Balaban J connectivity index is 1.75. The van der Waals surface area contributed by atoms with Crippen LogP contribution in [-0.2, 0) is 13.0 Å². The SMILES string of the molecule is CCCCCc1ccc(C(=O)N(Cc2ccc3c(c2)OCO3)C(C)(C)C)cc1. The number of rotatable bonds is 7. The lowest BCUT2D eigenvalue weighted by Crippen LogP contribution is -2.45. The fourth-order valence-corrected chi connectivity index (χ4v) is 3.38. The first-order valence-corrected chi connectivity index (χ1v) is 10.2. The van der Waals surface area contributed by atoms with Gasteiger partial charge >= 0.3 is 0 Å². The molecule has 0 N–H and O–H groups in total. The molecular formula is C24H31NO3. The normalized spacial score (nSPS) is 12.9. The Hall–Kier alpha value is -2.49. The van der Waals surface area contributed by atoms with Crippen molar-refractivity contribution >= 4 is 5.91 Å². The highest BCUT2D eigenvalue weighted by atomic mass is 16.7. The fourth-order valence-electron chi connectivity index (χ4n) is 3.38. The zero-order valence-electron chi connectivity index (χ0n) is 17.5. The number of nitrogens with zero attached hydrogens (tertiary/aromatic N) is 1. The van der Waals surface area contributed by atoms with Crippen LogP contribution in [0.4, 0.5) is 0 Å². The molecule has 0 unspecified atom stereocenters. The first kappa shape index (κ1) is 20.2. The lowest BCUT2D eigenvalue weighted by atomic mass is 10.0. The van der Waals surface area contributed by atoms with E-state index in [1.807, 2.05) is 35.2 Å². The molecule has 0 aliphatic carbocycles. The zero-order valence-corrected chi connectivity index (χ0v) is 17.5. The monoisotopic (exact) mass is 381 g/mol. The van der Waals surface area contributed by atoms with Crippen LogP contribution in [0, 0.1) is 0 Å². The highest BCUT2D eigenvalue weighted by molar-refractivity contribution is 5.94. The van der Waals surface area contributed by atoms with Gasteiger partial charge in [0, 0.05) is 17.6 Å². The van der Waals surface area contributed by atoms with Gasteiger partial charge in [0.25, 0.3) is 5.91 Å². The number of unbranched alkanes of at least 4 members (excludes halogenated alkanes) is 2. The molecule has 0 saturated carbocycles. The molecule has 0 saturated heterocycles. The first-order chi connectivity index (χ1) is 13.4. The standard InChI is InChI=1S/C24H31NO3/c1-5-6-7-8-18-9-12-20(13-10-18)23(26)25(24(2,3)4)16-19-11-14-21-22(15-19)28-17-27-21/h9-15H,5-8,16-17H2,1-4H3. The van der Waals surface area contributed by atoms with Gasteiger partial charge in [-0.25, -0.2) is 0 Å². The van der Waals surface area contributed by atoms with Gasteiger partial charge in [0.1, 0.15) is 0 Å². The number of hydrogen-bond acceptors (Lipinski definition) is 3. The molecule has 0 bridgehead atoms. The Morgan fingerprint density at radius 2 is 1.64 bits per heavy atom. The lowest BCUT2D eigenvalue weighted by molar-refractivity contribution is 0.0558. The topological polar surface area (TPSA) is 38.8 Å². The van der Waals surface area contributed by atoms with Gasteiger partial charge in [0.15, 0.2) is 11.5 Å². The van der Waals surface area contributed by atoms with Crippen LogP contribution >= 0.6 is 0 Å². The average Bonchev–Trinajstić information content (AvgIpc) is 3.13. The van der Waals surface area contributed by atoms with Gasteiger partial charge in [-0.05, 0) is 69.0 Å². The van der Waals surface area contributed by atoms with Crippen LogP contribution in [-0.4, -0.2) is 23.1 Å². The van der Waals surface area contributed by atoms with Crippen LogP contribution < -0.4 is 9.47 Å². The van der Waals surface area contributed by atoms with Crippen molar-refractivity contribution in [1.82, 2.24) is 4.90 Å². The first-order valence-electron chi connectivity index (χ1n) is 10.2. The number of hydrogen-bond donors (Lipinski definition) is 0. The maximum absolute atomic E-state index is 13.3. The van der Waals surface area contributed by atoms with Crippen LogP contribution in [0.25, 0.3) is 0 Å². The molecule has 2 aromatic rings. The van der Waals surface area contributed by atoms with Gasteiger partial charge < -0.3 is 14.4 Å². The highest BCUT2D eigenvalue weighted by Crippen LogP contribution is 2.33. The molecule has 1 aliphatic rings. The second kappa shape index (κ2) is 8.68. The van der Waals surface area contributed by atoms with E-state index in [0.717, 1.165) is 29.0 Å². The predicted molar refractivity (Wildman–Crippen MR) is 112 cm³/mol. The summed E-state index contributed by atoms with van der Waals surface area (Å²) in [5.74, 6) is 1.55. The van der Waals surface area contributed by atoms with Crippen molar-refractivity contribution in [3.8, 4) is 11.5 Å². The fraction of sp³-hybridized carbons (Fsp3) is 0.458. The van der Waals surface area contributed by atoms with E-state index in [0.29, 0.717) is 6.54 Å². The summed E-state index contributed by atoms with van der Waals surface area (Å²) in [5, 5.41) is 0. The zero-order chi connectivity index (χ0) is 20.1. The molecule has 1 aliphatic heterocycles. The van der Waals surface area contributed by atoms with Crippen molar-refractivity contribution < 1.29 is 14.3 Å². The molecule has 2 aromatic carbocycles. The smallest absolute Gasteiger partial charge is 0.254 e. The molecule has 0 radical (unpaired) electrons. The van der Waals surface area contributed by atoms with E-state index in [9.17, 15) is 4.79 Å². The van der Waals surface area contributed by atoms with E-state index in [4.69, 9.17) is 9.47 Å². The van der Waals surface area contributed by atoms with Crippen LogP contribution in [0.1, 0.15) is 68.4 Å². The molecule has 150 valence electrons. The van der Waals surface area contributed by atoms with Crippen LogP contribution in [0.2, 0.25) is 0 Å². The Morgan fingerprint density at radius 3 is 2.32 bits per heavy atom. The average molecular weight is 382 g/mol. The summed E-state index contributed by atoms with van der Waals surface area (Å²) in [6, 6.07) is 14.0. The molecular weight excluding hydrogens is 350 g/mol. The molecule has 4 heteroatoms. The molecule has 4 nitrogen and oxygen atoms in total. The van der Waals surface area contributed by atoms with Gasteiger partial charge in [0.05, 0.1) is 0 Å². The molecule has 0 aromatic heterocycles. The summed E-state index contributed by atoms with van der Waals surface area (Å²) in [5.41, 5.74) is 2.76. The maximum Gasteiger partial charge on any atom is 0.254 e. The third kappa shape index (κ3) is 4.86. The largest absolute Gasteiger partial charge is 0.454 e. The summed E-state index contributed by atoms with van der Waals surface area (Å²) < 4.78 is 10.9. The Labute approximate surface area is 168 Å². The van der Waals surface area contributed by atoms with Crippen LogP contribution in [0.3, 0.4) is 0 Å². The van der Waals surface area contributed by atoms with E-state index in [1.165, 1.54) is 24.8 Å². The van der Waals surface area contributed by atoms with Gasteiger partial charge in [-0.15, -0.1) is 0 Å². The van der Waals surface area contributed by atoms with Crippen molar-refractivity contribution in [2.75, 3.05) is 6.79 Å². The van der Waals surface area contributed by atoms with Crippen molar-refractivity contribution in [1.29, 1.82) is 0 Å². The minimum Gasteiger partial charge on any atom is -0.454 e. The Kier molecular flexibility index (Phi) is 6.28. The quantitative estimate of drug-likeness (QED) is 0.587. The summed E-state index contributed by atoms with van der Waals surface area (Å²) in [6.07, 6.45) is 4.73. The van der Waals surface area contributed by atoms with Gasteiger partial charge in [-0.3, -0.25) is 4.79 Å². The second-order valence-corrected chi connectivity index (χ2v) is 8.40. The molecule has 3 rings (SSSR count). The number of aryl methyl sites for hydroxylation is 1. The number of ether oxygens (including phenoxy) is 2. The van der Waals surface area contributed by atoms with Gasteiger partial charge in [0.2, 0.25) is 6.79 Å². The molecule has 1 amide bonds. The third-order valence-electron chi connectivity index (χ3n) is 5.10. The van der Waals surface area contributed by atoms with Crippen molar-refractivity contribution in [2.24, 2.45) is 0 Å². The number of benzene rings is 2. The van der Waals surface area contributed by atoms with E-state index in [2.05, 4.69) is 39.8 Å². The minimum atomic E-state index is -0.298. The summed E-state index contributed by atoms with van der Waals surface area (Å²) in [4.78, 5) is 15.2. The maximum atomic E-state index is 13.3. The molecule has 0 fully saturated rings. The van der Waals surface area contributed by atoms with Crippen LogP contribution in [0.15, 0.2) is 42.5 Å². The number of fused-ring (bicyclic) bond motifs is 1. The molecule has 0 atom stereocenters. The van der Waals surface area contributed by atoms with E-state index >= 15 is 0 Å². The highest BCUT2D eigenvalue weighted by Gasteiger charge is 2.28. The number of carbonyl (C=O) groups is 1. The summed E-state index contributed by atoms with van der Waals surface area (Å²) in [7, 11) is 0. The number of amides is 1. The second-order valence-electron chi connectivity index (χ2n) is 8.40. The third-order valence-corrected chi connectivity index (χ3v) is 5.10. The van der Waals surface area contributed by atoms with E-state index in [1.54, 1.807) is 0 Å². The van der Waals surface area contributed by atoms with E-state index < -0.39 is 0 Å². The van der Waals surface area contributed by atoms with Gasteiger partial charge in [-0.2, -0.15) is 0 Å². The minimum absolute atomic E-state index is 0.0466. The Morgan fingerprint density at radius 1 is 0.964 bits per heavy atom. The van der Waals surface area contributed by atoms with E-state index in [-0.39, 0.29) is 18.2 Å². The predicted octanol–water partition coefficient (Wildman–Crippen LogP) is 5.59. The molecule has 0 spiro atoms. The lowest BCUT2D eigenvalue weighted by Gasteiger charge is -2.36. The Bertz CT molecular complexity index is 806.